The van der Waals surface area contributed by atoms with Crippen LogP contribution >= 0.6 is 0 Å². The van der Waals surface area contributed by atoms with E-state index in [0.29, 0.717) is 12.1 Å². The Balaban J connectivity index is 1.31. The number of aryl methyl sites for hydroxylation is 1. The molecule has 2 heterocycles. The molecule has 1 N–H and O–H groups in total. The third-order valence-corrected chi connectivity index (χ3v) is 5.49. The highest BCUT2D eigenvalue weighted by Gasteiger charge is 2.24. The first-order valence-electron chi connectivity index (χ1n) is 10.1. The summed E-state index contributed by atoms with van der Waals surface area (Å²) in [6.07, 6.45) is 7.08. The molecule has 2 aromatic heterocycles. The molecule has 6 heteroatoms. The highest BCUT2D eigenvalue weighted by atomic mass is 16.5. The molecule has 4 rings (SSSR count). The Kier molecular flexibility index (Phi) is 5.60. The third kappa shape index (κ3) is 4.47. The van der Waals surface area contributed by atoms with Crippen LogP contribution in [0.1, 0.15) is 43.0 Å². The molecule has 6 nitrogen and oxygen atoms in total. The van der Waals surface area contributed by atoms with Gasteiger partial charge >= 0.3 is 0 Å². The molecule has 0 aliphatic heterocycles. The van der Waals surface area contributed by atoms with Crippen LogP contribution in [0, 0.1) is 0 Å². The molecule has 1 amide bonds. The summed E-state index contributed by atoms with van der Waals surface area (Å²) < 4.78 is 7.73. The number of pyridine rings is 2. The van der Waals surface area contributed by atoms with Crippen molar-refractivity contribution in [2.45, 2.75) is 51.3 Å². The zero-order valence-electron chi connectivity index (χ0n) is 16.5. The maximum atomic E-state index is 12.5. The van der Waals surface area contributed by atoms with E-state index in [-0.39, 0.29) is 23.6 Å². The number of benzene rings is 1. The van der Waals surface area contributed by atoms with E-state index in [1.54, 1.807) is 23.0 Å². The third-order valence-electron chi connectivity index (χ3n) is 5.49. The number of fused-ring (bicyclic) bond motifs is 1. The van der Waals surface area contributed by atoms with E-state index in [0.717, 1.165) is 42.3 Å². The van der Waals surface area contributed by atoms with E-state index < -0.39 is 0 Å². The van der Waals surface area contributed by atoms with Crippen molar-refractivity contribution in [2.24, 2.45) is 0 Å². The predicted octanol–water partition coefficient (Wildman–Crippen LogP) is 3.54. The summed E-state index contributed by atoms with van der Waals surface area (Å²) in [6, 6.07) is 13.1. The zero-order valence-corrected chi connectivity index (χ0v) is 16.5. The summed E-state index contributed by atoms with van der Waals surface area (Å²) in [5.74, 6) is 0.672. The fraction of sp³-hybridized carbons (Fsp3) is 0.348. The van der Waals surface area contributed by atoms with Crippen LogP contribution in [-0.4, -0.2) is 27.6 Å². The van der Waals surface area contributed by atoms with E-state index in [9.17, 15) is 9.59 Å². The Morgan fingerprint density at radius 3 is 2.76 bits per heavy atom. The van der Waals surface area contributed by atoms with E-state index in [4.69, 9.17) is 4.74 Å². The molecule has 3 aromatic rings. The van der Waals surface area contributed by atoms with Crippen LogP contribution in [0.25, 0.3) is 10.9 Å². The molecular weight excluding hydrogens is 366 g/mol. The Hall–Kier alpha value is -3.15. The SMILES string of the molecule is CCn1ccc(C(=O)NC2CCC(Oc3ccc4ncccc4c3)CC2)cc1=O. The average molecular weight is 391 g/mol. The quantitative estimate of drug-likeness (QED) is 0.722. The molecule has 1 saturated carbocycles. The summed E-state index contributed by atoms with van der Waals surface area (Å²) in [5.41, 5.74) is 1.23. The van der Waals surface area contributed by atoms with Crippen LogP contribution in [0.2, 0.25) is 0 Å². The van der Waals surface area contributed by atoms with E-state index in [1.165, 1.54) is 6.07 Å². The second-order valence-corrected chi connectivity index (χ2v) is 7.46. The molecule has 0 saturated heterocycles. The molecule has 0 radical (unpaired) electrons. The van der Waals surface area contributed by atoms with E-state index >= 15 is 0 Å². The minimum absolute atomic E-state index is 0.108. The van der Waals surface area contributed by atoms with Crippen LogP contribution in [0.5, 0.6) is 5.75 Å². The fourth-order valence-electron chi connectivity index (χ4n) is 3.82. The van der Waals surface area contributed by atoms with Gasteiger partial charge in [0.1, 0.15) is 5.75 Å². The lowest BCUT2D eigenvalue weighted by molar-refractivity contribution is 0.0893. The summed E-state index contributed by atoms with van der Waals surface area (Å²) in [7, 11) is 0. The number of carbonyl (C=O) groups excluding carboxylic acids is 1. The molecule has 1 fully saturated rings. The number of ether oxygens (including phenoxy) is 1. The van der Waals surface area contributed by atoms with Crippen molar-refractivity contribution in [3.63, 3.8) is 0 Å². The van der Waals surface area contributed by atoms with Crippen molar-refractivity contribution < 1.29 is 9.53 Å². The van der Waals surface area contributed by atoms with Gasteiger partial charge in [-0.3, -0.25) is 14.6 Å². The van der Waals surface area contributed by atoms with Gasteiger partial charge in [-0.1, -0.05) is 6.07 Å². The minimum Gasteiger partial charge on any atom is -0.490 e. The Labute approximate surface area is 169 Å². The maximum Gasteiger partial charge on any atom is 0.251 e. The molecule has 0 unspecified atom stereocenters. The van der Waals surface area contributed by atoms with Crippen LogP contribution < -0.4 is 15.6 Å². The maximum absolute atomic E-state index is 12.5. The Bertz CT molecular complexity index is 1070. The number of carbonyl (C=O) groups is 1. The summed E-state index contributed by atoms with van der Waals surface area (Å²) in [5, 5.41) is 4.12. The zero-order chi connectivity index (χ0) is 20.2. The molecule has 150 valence electrons. The van der Waals surface area contributed by atoms with Crippen molar-refractivity contribution in [3.05, 3.63) is 70.8 Å². The largest absolute Gasteiger partial charge is 0.490 e. The molecule has 1 aromatic carbocycles. The fourth-order valence-corrected chi connectivity index (χ4v) is 3.82. The number of hydrogen-bond donors (Lipinski definition) is 1. The van der Waals surface area contributed by atoms with Gasteiger partial charge in [-0.25, -0.2) is 0 Å². The number of rotatable bonds is 5. The van der Waals surface area contributed by atoms with Crippen LogP contribution in [0.4, 0.5) is 0 Å². The number of hydrogen-bond acceptors (Lipinski definition) is 4. The topological polar surface area (TPSA) is 73.2 Å². The molecule has 0 atom stereocenters. The van der Waals surface area contributed by atoms with Crippen molar-refractivity contribution in [2.75, 3.05) is 0 Å². The predicted molar refractivity (Wildman–Crippen MR) is 112 cm³/mol. The molecule has 0 bridgehead atoms. The minimum atomic E-state index is -0.184. The lowest BCUT2D eigenvalue weighted by atomic mass is 9.92. The van der Waals surface area contributed by atoms with Crippen LogP contribution in [0.3, 0.4) is 0 Å². The van der Waals surface area contributed by atoms with Gasteiger partial charge in [-0.15, -0.1) is 0 Å². The lowest BCUT2D eigenvalue weighted by Gasteiger charge is -2.29. The first-order valence-corrected chi connectivity index (χ1v) is 10.1. The second-order valence-electron chi connectivity index (χ2n) is 7.46. The molecule has 1 aliphatic rings. The van der Waals surface area contributed by atoms with Crippen molar-refractivity contribution in [1.82, 2.24) is 14.9 Å². The normalized spacial score (nSPS) is 19.1. The number of aromatic nitrogens is 2. The second kappa shape index (κ2) is 8.47. The first kappa shape index (κ1) is 19.2. The smallest absolute Gasteiger partial charge is 0.251 e. The average Bonchev–Trinajstić information content (AvgIpc) is 2.75. The number of nitrogens with zero attached hydrogens (tertiary/aromatic N) is 2. The van der Waals surface area contributed by atoms with Crippen LogP contribution in [0.15, 0.2) is 59.7 Å². The number of amides is 1. The van der Waals surface area contributed by atoms with Crippen molar-refractivity contribution in [3.8, 4) is 5.75 Å². The van der Waals surface area contributed by atoms with Crippen LogP contribution in [-0.2, 0) is 6.54 Å². The molecule has 29 heavy (non-hydrogen) atoms. The molecule has 0 spiro atoms. The van der Waals surface area contributed by atoms with Gasteiger partial charge in [0.15, 0.2) is 0 Å². The summed E-state index contributed by atoms with van der Waals surface area (Å²) in [4.78, 5) is 28.7. The highest BCUT2D eigenvalue weighted by Crippen LogP contribution is 2.26. The summed E-state index contributed by atoms with van der Waals surface area (Å²) >= 11 is 0. The van der Waals surface area contributed by atoms with Gasteiger partial charge in [0, 0.05) is 42.0 Å². The van der Waals surface area contributed by atoms with Gasteiger partial charge < -0.3 is 14.6 Å². The summed E-state index contributed by atoms with van der Waals surface area (Å²) in [6.45, 7) is 2.49. The standard InChI is InChI=1S/C23H25N3O3/c1-2-26-13-11-17(15-22(26)27)23(28)25-18-5-7-19(8-6-18)29-20-9-10-21-16(14-20)4-3-12-24-21/h3-4,9-15,18-19H,2,5-8H2,1H3,(H,25,28). The van der Waals surface area contributed by atoms with Gasteiger partial charge in [-0.2, -0.15) is 0 Å². The monoisotopic (exact) mass is 391 g/mol. The van der Waals surface area contributed by atoms with Crippen molar-refractivity contribution >= 4 is 16.8 Å². The van der Waals surface area contributed by atoms with Gasteiger partial charge in [0.25, 0.3) is 11.5 Å². The van der Waals surface area contributed by atoms with Gasteiger partial charge in [0.2, 0.25) is 0 Å². The number of nitrogens with one attached hydrogen (secondary N) is 1. The van der Waals surface area contributed by atoms with Gasteiger partial charge in [0.05, 0.1) is 11.6 Å². The van der Waals surface area contributed by atoms with E-state index in [2.05, 4.69) is 10.3 Å². The first-order chi connectivity index (χ1) is 14.1. The van der Waals surface area contributed by atoms with E-state index in [1.807, 2.05) is 37.3 Å². The Morgan fingerprint density at radius 1 is 1.17 bits per heavy atom. The highest BCUT2D eigenvalue weighted by molar-refractivity contribution is 5.94. The molecular formula is C23H25N3O3. The molecule has 1 aliphatic carbocycles. The lowest BCUT2D eigenvalue weighted by Crippen LogP contribution is -2.40. The van der Waals surface area contributed by atoms with Gasteiger partial charge in [-0.05, 0) is 62.9 Å². The van der Waals surface area contributed by atoms with Crippen molar-refractivity contribution in [1.29, 1.82) is 0 Å². The Morgan fingerprint density at radius 2 is 2.00 bits per heavy atom.